The van der Waals surface area contributed by atoms with Gasteiger partial charge in [-0.15, -0.1) is 0 Å². The van der Waals surface area contributed by atoms with Crippen molar-refractivity contribution in [3.63, 3.8) is 0 Å². The van der Waals surface area contributed by atoms with Gasteiger partial charge < -0.3 is 10.2 Å². The maximum Gasteiger partial charge on any atom is 0.254 e. The summed E-state index contributed by atoms with van der Waals surface area (Å²) in [5.41, 5.74) is 2.82. The monoisotopic (exact) mass is 303 g/mol. The second-order valence-corrected chi connectivity index (χ2v) is 5.29. The van der Waals surface area contributed by atoms with Gasteiger partial charge in [0.1, 0.15) is 11.0 Å². The Morgan fingerprint density at radius 1 is 1.33 bits per heavy atom. The number of nitrogens with one attached hydrogen (secondary N) is 1. The quantitative estimate of drug-likeness (QED) is 0.881. The first-order valence-corrected chi connectivity index (χ1v) is 7.04. The van der Waals surface area contributed by atoms with Crippen molar-refractivity contribution in [3.05, 3.63) is 58.2 Å². The van der Waals surface area contributed by atoms with E-state index in [1.807, 2.05) is 31.2 Å². The second kappa shape index (κ2) is 6.59. The van der Waals surface area contributed by atoms with E-state index in [1.165, 1.54) is 5.56 Å². The third-order valence-corrected chi connectivity index (χ3v) is 3.51. The number of amides is 1. The van der Waals surface area contributed by atoms with Gasteiger partial charge in [0.2, 0.25) is 0 Å². The van der Waals surface area contributed by atoms with Crippen LogP contribution in [-0.4, -0.2) is 29.9 Å². The second-order valence-electron chi connectivity index (χ2n) is 4.90. The van der Waals surface area contributed by atoms with E-state index in [9.17, 15) is 4.79 Å². The lowest BCUT2D eigenvalue weighted by molar-refractivity contribution is 0.0785. The summed E-state index contributed by atoms with van der Waals surface area (Å²) in [5, 5.41) is 3.19. The first-order chi connectivity index (χ1) is 10.0. The predicted octanol–water partition coefficient (Wildman–Crippen LogP) is 3.36. The van der Waals surface area contributed by atoms with E-state index in [4.69, 9.17) is 11.6 Å². The molecule has 0 aliphatic rings. The van der Waals surface area contributed by atoms with Crippen LogP contribution in [0.3, 0.4) is 0 Å². The zero-order valence-corrected chi connectivity index (χ0v) is 13.1. The van der Waals surface area contributed by atoms with Crippen LogP contribution in [0, 0.1) is 6.92 Å². The van der Waals surface area contributed by atoms with Crippen molar-refractivity contribution < 1.29 is 4.79 Å². The fourth-order valence-electron chi connectivity index (χ4n) is 2.08. The Morgan fingerprint density at radius 2 is 2.05 bits per heavy atom. The molecule has 4 nitrogen and oxygen atoms in total. The Labute approximate surface area is 129 Å². The number of aromatic nitrogens is 1. The average Bonchev–Trinajstić information content (AvgIpc) is 2.48. The van der Waals surface area contributed by atoms with Crippen LogP contribution in [0.15, 0.2) is 36.4 Å². The van der Waals surface area contributed by atoms with E-state index < -0.39 is 0 Å². The number of carbonyl (C=O) groups excluding carboxylic acids is 1. The molecule has 1 aromatic heterocycles. The molecule has 5 heteroatoms. The molecule has 110 valence electrons. The number of hydrogen-bond donors (Lipinski definition) is 1. The van der Waals surface area contributed by atoms with Crippen LogP contribution in [0.25, 0.3) is 0 Å². The average molecular weight is 304 g/mol. The minimum atomic E-state index is -0.0842. The van der Waals surface area contributed by atoms with E-state index in [-0.39, 0.29) is 5.91 Å². The molecule has 1 amide bonds. The molecular weight excluding hydrogens is 286 g/mol. The fraction of sp³-hybridized carbons (Fsp3) is 0.250. The number of rotatable bonds is 4. The maximum atomic E-state index is 12.5. The first kappa shape index (κ1) is 15.3. The van der Waals surface area contributed by atoms with Gasteiger partial charge in [0.25, 0.3) is 5.91 Å². The highest BCUT2D eigenvalue weighted by molar-refractivity contribution is 6.29. The smallest absolute Gasteiger partial charge is 0.254 e. The fourth-order valence-corrected chi connectivity index (χ4v) is 2.29. The molecule has 2 rings (SSSR count). The minimum Gasteiger partial charge on any atom is -0.373 e. The van der Waals surface area contributed by atoms with Gasteiger partial charge in [0, 0.05) is 26.2 Å². The summed E-state index contributed by atoms with van der Waals surface area (Å²) in [4.78, 5) is 18.2. The Hall–Kier alpha value is -2.07. The summed E-state index contributed by atoms with van der Waals surface area (Å²) in [6.45, 7) is 2.59. The Morgan fingerprint density at radius 3 is 2.71 bits per heavy atom. The van der Waals surface area contributed by atoms with Crippen LogP contribution >= 0.6 is 11.6 Å². The van der Waals surface area contributed by atoms with E-state index in [0.29, 0.717) is 23.1 Å². The lowest BCUT2D eigenvalue weighted by Crippen LogP contribution is -2.26. The molecule has 0 fully saturated rings. The number of aryl methyl sites for hydroxylation is 1. The molecule has 0 saturated carbocycles. The highest BCUT2D eigenvalue weighted by atomic mass is 35.5. The maximum absolute atomic E-state index is 12.5. The van der Waals surface area contributed by atoms with Crippen LogP contribution < -0.4 is 5.32 Å². The number of pyridine rings is 1. The molecular formula is C16H18ClN3O. The van der Waals surface area contributed by atoms with Crippen molar-refractivity contribution in [2.45, 2.75) is 13.5 Å². The largest absolute Gasteiger partial charge is 0.373 e. The van der Waals surface area contributed by atoms with Gasteiger partial charge in [0.15, 0.2) is 0 Å². The third kappa shape index (κ3) is 3.73. The van der Waals surface area contributed by atoms with Crippen molar-refractivity contribution in [1.29, 1.82) is 0 Å². The summed E-state index contributed by atoms with van der Waals surface area (Å²) in [6, 6.07) is 11.3. The molecule has 1 aromatic carbocycles. The first-order valence-electron chi connectivity index (χ1n) is 6.66. The van der Waals surface area contributed by atoms with Crippen LogP contribution in [0.5, 0.6) is 0 Å². The minimum absolute atomic E-state index is 0.0842. The molecule has 0 unspecified atom stereocenters. The normalized spacial score (nSPS) is 10.3. The molecule has 21 heavy (non-hydrogen) atoms. The number of nitrogens with zero attached hydrogens (tertiary/aromatic N) is 2. The van der Waals surface area contributed by atoms with Gasteiger partial charge in [-0.25, -0.2) is 4.98 Å². The van der Waals surface area contributed by atoms with Gasteiger partial charge in [-0.2, -0.15) is 0 Å². The molecule has 0 atom stereocenters. The highest BCUT2D eigenvalue weighted by Crippen LogP contribution is 2.17. The summed E-state index contributed by atoms with van der Waals surface area (Å²) in [5.74, 6) is 0.495. The third-order valence-electron chi connectivity index (χ3n) is 3.31. The SMILES string of the molecule is CNc1cc(C(=O)N(C)Cc2ccccc2C)cc(Cl)n1. The molecule has 1 heterocycles. The van der Waals surface area contributed by atoms with E-state index >= 15 is 0 Å². The van der Waals surface area contributed by atoms with Crippen molar-refractivity contribution in [1.82, 2.24) is 9.88 Å². The Kier molecular flexibility index (Phi) is 4.81. The molecule has 1 N–H and O–H groups in total. The molecule has 0 bridgehead atoms. The van der Waals surface area contributed by atoms with Gasteiger partial charge in [-0.05, 0) is 30.2 Å². The number of anilines is 1. The summed E-state index contributed by atoms with van der Waals surface area (Å²) >= 11 is 5.94. The lowest BCUT2D eigenvalue weighted by atomic mass is 10.1. The van der Waals surface area contributed by atoms with E-state index in [1.54, 1.807) is 31.1 Å². The summed E-state index contributed by atoms with van der Waals surface area (Å²) < 4.78 is 0. The number of carbonyl (C=O) groups is 1. The van der Waals surface area contributed by atoms with Gasteiger partial charge in [-0.1, -0.05) is 35.9 Å². The number of halogens is 1. The van der Waals surface area contributed by atoms with E-state index in [2.05, 4.69) is 10.3 Å². The Bertz CT molecular complexity index is 658. The Balaban J connectivity index is 2.20. The number of benzene rings is 1. The van der Waals surface area contributed by atoms with Crippen molar-refractivity contribution in [2.75, 3.05) is 19.4 Å². The molecule has 0 aliphatic carbocycles. The zero-order chi connectivity index (χ0) is 15.4. The van der Waals surface area contributed by atoms with Crippen molar-refractivity contribution in [2.24, 2.45) is 0 Å². The van der Waals surface area contributed by atoms with Gasteiger partial charge in [0.05, 0.1) is 0 Å². The standard InChI is InChI=1S/C16H18ClN3O/c1-11-6-4-5-7-12(11)10-20(3)16(21)13-8-14(17)19-15(9-13)18-2/h4-9H,10H2,1-3H3,(H,18,19). The zero-order valence-electron chi connectivity index (χ0n) is 12.4. The topological polar surface area (TPSA) is 45.2 Å². The summed E-state index contributed by atoms with van der Waals surface area (Å²) in [7, 11) is 3.52. The molecule has 0 radical (unpaired) electrons. The lowest BCUT2D eigenvalue weighted by Gasteiger charge is -2.19. The van der Waals surface area contributed by atoms with Gasteiger partial charge >= 0.3 is 0 Å². The van der Waals surface area contributed by atoms with Crippen LogP contribution in [0.2, 0.25) is 5.15 Å². The highest BCUT2D eigenvalue weighted by Gasteiger charge is 2.14. The molecule has 0 saturated heterocycles. The van der Waals surface area contributed by atoms with Crippen LogP contribution in [-0.2, 0) is 6.54 Å². The van der Waals surface area contributed by atoms with Crippen molar-refractivity contribution >= 4 is 23.3 Å². The number of hydrogen-bond acceptors (Lipinski definition) is 3. The van der Waals surface area contributed by atoms with Gasteiger partial charge in [-0.3, -0.25) is 4.79 Å². The molecule has 0 aliphatic heterocycles. The molecule has 2 aromatic rings. The van der Waals surface area contributed by atoms with Crippen LogP contribution in [0.4, 0.5) is 5.82 Å². The van der Waals surface area contributed by atoms with E-state index in [0.717, 1.165) is 5.56 Å². The summed E-state index contributed by atoms with van der Waals surface area (Å²) in [6.07, 6.45) is 0. The van der Waals surface area contributed by atoms with Crippen molar-refractivity contribution in [3.8, 4) is 0 Å². The molecule has 0 spiro atoms. The van der Waals surface area contributed by atoms with Crippen LogP contribution in [0.1, 0.15) is 21.5 Å². The predicted molar refractivity (Wildman–Crippen MR) is 85.8 cm³/mol.